The number of hydrogen-bond donors (Lipinski definition) is 2. The monoisotopic (exact) mass is 402 g/mol. The van der Waals surface area contributed by atoms with Gasteiger partial charge in [0.2, 0.25) is 0 Å². The molecule has 5 nitrogen and oxygen atoms in total. The van der Waals surface area contributed by atoms with Gasteiger partial charge in [-0.2, -0.15) is 0 Å². The third-order valence-electron chi connectivity index (χ3n) is 5.01. The van der Waals surface area contributed by atoms with E-state index >= 15 is 0 Å². The molecule has 0 radical (unpaired) electrons. The van der Waals surface area contributed by atoms with Gasteiger partial charge >= 0.3 is 7.60 Å². The molecule has 1 rings (SSSR count). The molecule has 1 aromatic carbocycles. The van der Waals surface area contributed by atoms with Gasteiger partial charge in [-0.1, -0.05) is 58.9 Å². The van der Waals surface area contributed by atoms with E-state index in [0.717, 1.165) is 12.0 Å². The van der Waals surface area contributed by atoms with Gasteiger partial charge in [0.1, 0.15) is 0 Å². The first-order valence-corrected chi connectivity index (χ1v) is 13.9. The lowest BCUT2D eigenvalue weighted by Gasteiger charge is -2.45. The zero-order valence-electron chi connectivity index (χ0n) is 17.2. The van der Waals surface area contributed by atoms with Crippen LogP contribution in [0.25, 0.3) is 0 Å². The summed E-state index contributed by atoms with van der Waals surface area (Å²) in [5.74, 6) is -0.834. The highest BCUT2D eigenvalue weighted by molar-refractivity contribution is 7.50. The lowest BCUT2D eigenvalue weighted by molar-refractivity contribution is -0.202. The Balaban J connectivity index is 3.26. The first kappa shape index (κ1) is 23.5. The van der Waals surface area contributed by atoms with E-state index < -0.39 is 21.7 Å². The first-order valence-electron chi connectivity index (χ1n) is 9.24. The summed E-state index contributed by atoms with van der Waals surface area (Å²) in [5.41, 5.74) is 1.50. The average molecular weight is 403 g/mol. The van der Waals surface area contributed by atoms with Gasteiger partial charge in [-0.05, 0) is 30.1 Å². The summed E-state index contributed by atoms with van der Waals surface area (Å²) in [7, 11) is -6.17. The maximum absolute atomic E-state index is 11.2. The molecule has 0 bridgehead atoms. The molecular formula is C19H35O5PSi. The zero-order chi connectivity index (χ0) is 20.2. The van der Waals surface area contributed by atoms with Gasteiger partial charge in [0.05, 0.1) is 12.8 Å². The molecule has 150 valence electrons. The maximum atomic E-state index is 11.2. The number of rotatable bonds is 9. The van der Waals surface area contributed by atoms with Crippen LogP contribution in [-0.2, 0) is 25.7 Å². The van der Waals surface area contributed by atoms with Crippen molar-refractivity contribution in [2.75, 3.05) is 6.61 Å². The summed E-state index contributed by atoms with van der Waals surface area (Å²) in [6.07, 6.45) is 1.29. The van der Waals surface area contributed by atoms with Gasteiger partial charge in [-0.25, -0.2) is 0 Å². The molecule has 0 heterocycles. The van der Waals surface area contributed by atoms with Crippen LogP contribution in [0.5, 0.6) is 0 Å². The van der Waals surface area contributed by atoms with Crippen LogP contribution in [0, 0.1) is 0 Å². The van der Waals surface area contributed by atoms with Crippen LogP contribution in [0.3, 0.4) is 0 Å². The van der Waals surface area contributed by atoms with E-state index in [1.807, 2.05) is 19.1 Å². The molecule has 0 spiro atoms. The van der Waals surface area contributed by atoms with Gasteiger partial charge in [0.15, 0.2) is 14.1 Å². The highest BCUT2D eigenvalue weighted by atomic mass is 31.2. The molecule has 0 aliphatic carbocycles. The van der Waals surface area contributed by atoms with Crippen LogP contribution in [-0.4, -0.2) is 24.7 Å². The molecule has 0 saturated carbocycles. The second-order valence-corrected chi connectivity index (χ2v) is 14.7. The van der Waals surface area contributed by atoms with Crippen molar-refractivity contribution in [1.82, 2.24) is 0 Å². The highest BCUT2D eigenvalue weighted by Crippen LogP contribution is 2.44. The first-order chi connectivity index (χ1) is 11.8. The lowest BCUT2D eigenvalue weighted by Crippen LogP contribution is -2.49. The van der Waals surface area contributed by atoms with Gasteiger partial charge in [-0.3, -0.25) is 4.57 Å². The summed E-state index contributed by atoms with van der Waals surface area (Å²) in [4.78, 5) is 18.3. The van der Waals surface area contributed by atoms with Crippen LogP contribution in [0.1, 0.15) is 58.6 Å². The molecular weight excluding hydrogens is 367 g/mol. The van der Waals surface area contributed by atoms with Crippen molar-refractivity contribution in [2.24, 2.45) is 0 Å². The summed E-state index contributed by atoms with van der Waals surface area (Å²) in [6.45, 7) is 15.7. The topological polar surface area (TPSA) is 76.0 Å². The van der Waals surface area contributed by atoms with Crippen LogP contribution in [0.15, 0.2) is 24.3 Å². The predicted octanol–water partition coefficient (Wildman–Crippen LogP) is 5.38. The Morgan fingerprint density at radius 3 is 2.00 bits per heavy atom. The Morgan fingerprint density at radius 2 is 1.62 bits per heavy atom. The molecule has 0 aromatic heterocycles. The standard InChI is InChI=1S/C19H35O5PSi/c1-8-14-23-19(9-2,24-26(6,7)18(3,4)5)17-12-10-16(11-13-17)15-25(20,21)22/h10-13H,8-9,14-15H2,1-7H3,(H2,20,21,22). The minimum absolute atomic E-state index is 0.0450. The molecule has 1 aromatic rings. The second kappa shape index (κ2) is 8.68. The van der Waals surface area contributed by atoms with Crippen molar-refractivity contribution >= 4 is 15.9 Å². The molecule has 0 aliphatic heterocycles. The van der Waals surface area contributed by atoms with Crippen molar-refractivity contribution < 1.29 is 23.5 Å². The van der Waals surface area contributed by atoms with E-state index in [4.69, 9.17) is 9.16 Å². The quantitative estimate of drug-likeness (QED) is 0.330. The third kappa shape index (κ3) is 6.29. The number of benzene rings is 1. The molecule has 1 atom stereocenters. The van der Waals surface area contributed by atoms with Crippen LogP contribution < -0.4 is 0 Å². The van der Waals surface area contributed by atoms with Crippen LogP contribution in [0.2, 0.25) is 18.1 Å². The molecule has 0 amide bonds. The van der Waals surface area contributed by atoms with Crippen molar-refractivity contribution in [3.8, 4) is 0 Å². The minimum Gasteiger partial charge on any atom is -0.386 e. The minimum atomic E-state index is -4.08. The second-order valence-electron chi connectivity index (χ2n) is 8.34. The molecule has 2 N–H and O–H groups in total. The van der Waals surface area contributed by atoms with Gasteiger partial charge in [0.25, 0.3) is 0 Å². The maximum Gasteiger partial charge on any atom is 0.329 e. The molecule has 0 aliphatic rings. The van der Waals surface area contributed by atoms with Gasteiger partial charge in [0, 0.05) is 12.0 Å². The van der Waals surface area contributed by atoms with E-state index in [2.05, 4.69) is 40.8 Å². The van der Waals surface area contributed by atoms with Crippen molar-refractivity contribution in [3.05, 3.63) is 35.4 Å². The highest BCUT2D eigenvalue weighted by Gasteiger charge is 2.45. The fraction of sp³-hybridized carbons (Fsp3) is 0.684. The lowest BCUT2D eigenvalue weighted by atomic mass is 10.0. The van der Waals surface area contributed by atoms with Gasteiger partial charge < -0.3 is 18.9 Å². The van der Waals surface area contributed by atoms with E-state index in [1.165, 1.54) is 0 Å². The fourth-order valence-corrected chi connectivity index (χ4v) is 4.62. The summed E-state index contributed by atoms with van der Waals surface area (Å²) < 4.78 is 24.2. The predicted molar refractivity (Wildman–Crippen MR) is 109 cm³/mol. The molecule has 0 saturated heterocycles. The average Bonchev–Trinajstić information content (AvgIpc) is 2.49. The van der Waals surface area contributed by atoms with Crippen molar-refractivity contribution in [2.45, 2.75) is 77.5 Å². The van der Waals surface area contributed by atoms with E-state index in [0.29, 0.717) is 18.6 Å². The van der Waals surface area contributed by atoms with Crippen molar-refractivity contribution in [1.29, 1.82) is 0 Å². The number of ether oxygens (including phenoxy) is 1. The number of hydrogen-bond acceptors (Lipinski definition) is 3. The Labute approximate surface area is 159 Å². The van der Waals surface area contributed by atoms with E-state index in [1.54, 1.807) is 12.1 Å². The van der Waals surface area contributed by atoms with Crippen LogP contribution in [0.4, 0.5) is 0 Å². The smallest absolute Gasteiger partial charge is 0.329 e. The summed E-state index contributed by atoms with van der Waals surface area (Å²) >= 11 is 0. The summed E-state index contributed by atoms with van der Waals surface area (Å²) in [5, 5.41) is 0.0450. The largest absolute Gasteiger partial charge is 0.386 e. The molecule has 26 heavy (non-hydrogen) atoms. The van der Waals surface area contributed by atoms with E-state index in [9.17, 15) is 14.4 Å². The Bertz CT molecular complexity index is 618. The normalized spacial score (nSPS) is 15.7. The molecule has 7 heteroatoms. The Hall–Kier alpha value is -0.493. The summed E-state index contributed by atoms with van der Waals surface area (Å²) in [6, 6.07) is 7.25. The molecule has 1 unspecified atom stereocenters. The van der Waals surface area contributed by atoms with Crippen LogP contribution >= 0.6 is 7.60 Å². The van der Waals surface area contributed by atoms with Gasteiger partial charge in [-0.15, -0.1) is 0 Å². The molecule has 0 fully saturated rings. The fourth-order valence-electron chi connectivity index (χ4n) is 2.48. The van der Waals surface area contributed by atoms with E-state index in [-0.39, 0.29) is 11.2 Å². The Morgan fingerprint density at radius 1 is 1.08 bits per heavy atom. The third-order valence-corrected chi connectivity index (χ3v) is 10.2. The Kier molecular flexibility index (Phi) is 7.86. The van der Waals surface area contributed by atoms with Crippen molar-refractivity contribution in [3.63, 3.8) is 0 Å². The zero-order valence-corrected chi connectivity index (χ0v) is 19.1. The SMILES string of the molecule is CCCOC(CC)(O[Si](C)(C)C(C)(C)C)c1ccc(CP(=O)(O)O)cc1.